The highest BCUT2D eigenvalue weighted by atomic mass is 32.2. The van der Waals surface area contributed by atoms with E-state index in [9.17, 15) is 13.2 Å². The molecule has 114 valence electrons. The molecule has 0 unspecified atom stereocenters. The quantitative estimate of drug-likeness (QED) is 0.861. The fraction of sp³-hybridized carbons (Fsp3) is 0.500. The van der Waals surface area contributed by atoms with Crippen LogP contribution in [0.2, 0.25) is 0 Å². The third kappa shape index (κ3) is 2.97. The summed E-state index contributed by atoms with van der Waals surface area (Å²) in [6.45, 7) is 1.76. The van der Waals surface area contributed by atoms with Gasteiger partial charge in [0.05, 0.1) is 11.5 Å². The molecule has 1 amide bonds. The maximum Gasteiger partial charge on any atom is 0.265 e. The SMILES string of the molecule is C[C@@H]1Oc2ccccc2O[C@@H]1C(=O)N[C@@H]1CCS(=O)(=O)C1. The number of amides is 1. The highest BCUT2D eigenvalue weighted by molar-refractivity contribution is 7.91. The standard InChI is InChI=1S/C14H17NO5S/c1-9-13(20-12-5-3-2-4-11(12)19-9)14(16)15-10-6-7-21(17,18)8-10/h2-5,9-10,13H,6-8H2,1H3,(H,15,16)/t9-,10+,13-/m0/s1. The van der Waals surface area contributed by atoms with Gasteiger partial charge in [-0.15, -0.1) is 0 Å². The van der Waals surface area contributed by atoms with Gasteiger partial charge in [0.2, 0.25) is 6.10 Å². The summed E-state index contributed by atoms with van der Waals surface area (Å²) in [5, 5.41) is 2.74. The van der Waals surface area contributed by atoms with Gasteiger partial charge in [-0.05, 0) is 25.5 Å². The van der Waals surface area contributed by atoms with Crippen molar-refractivity contribution < 1.29 is 22.7 Å². The average Bonchev–Trinajstić information content (AvgIpc) is 2.77. The van der Waals surface area contributed by atoms with Crippen LogP contribution in [0.3, 0.4) is 0 Å². The third-order valence-corrected chi connectivity index (χ3v) is 5.45. The smallest absolute Gasteiger partial charge is 0.265 e. The Morgan fingerprint density at radius 1 is 1.24 bits per heavy atom. The fourth-order valence-corrected chi connectivity index (χ4v) is 4.27. The van der Waals surface area contributed by atoms with Crippen molar-refractivity contribution in [2.45, 2.75) is 31.6 Å². The summed E-state index contributed by atoms with van der Waals surface area (Å²) in [5.41, 5.74) is 0. The summed E-state index contributed by atoms with van der Waals surface area (Å²) in [6, 6.07) is 6.82. The number of benzene rings is 1. The highest BCUT2D eigenvalue weighted by Gasteiger charge is 2.37. The van der Waals surface area contributed by atoms with Crippen LogP contribution in [-0.4, -0.2) is 44.1 Å². The Hall–Kier alpha value is -1.76. The third-order valence-electron chi connectivity index (χ3n) is 3.68. The van der Waals surface area contributed by atoms with E-state index >= 15 is 0 Å². The first-order chi connectivity index (χ1) is 9.94. The molecule has 1 fully saturated rings. The van der Waals surface area contributed by atoms with Crippen LogP contribution in [0, 0.1) is 0 Å². The van der Waals surface area contributed by atoms with Crippen LogP contribution in [0.25, 0.3) is 0 Å². The second-order valence-electron chi connectivity index (χ2n) is 5.42. The van der Waals surface area contributed by atoms with E-state index < -0.39 is 22.0 Å². The minimum atomic E-state index is -3.02. The van der Waals surface area contributed by atoms with E-state index in [1.165, 1.54) is 0 Å². The molecule has 0 aliphatic carbocycles. The molecule has 2 aliphatic heterocycles. The molecular weight excluding hydrogens is 294 g/mol. The molecule has 0 saturated carbocycles. The fourth-order valence-electron chi connectivity index (χ4n) is 2.60. The predicted molar refractivity (Wildman–Crippen MR) is 76.1 cm³/mol. The van der Waals surface area contributed by atoms with Gasteiger partial charge in [0.1, 0.15) is 6.10 Å². The van der Waals surface area contributed by atoms with E-state index in [1.807, 2.05) is 6.07 Å². The van der Waals surface area contributed by atoms with Gasteiger partial charge in [0.15, 0.2) is 21.3 Å². The van der Waals surface area contributed by atoms with Crippen molar-refractivity contribution in [2.75, 3.05) is 11.5 Å². The Kier molecular flexibility index (Phi) is 3.52. The summed E-state index contributed by atoms with van der Waals surface area (Å²) < 4.78 is 34.2. The van der Waals surface area contributed by atoms with Crippen molar-refractivity contribution in [3.8, 4) is 11.5 Å². The van der Waals surface area contributed by atoms with Gasteiger partial charge in [-0.25, -0.2) is 8.42 Å². The van der Waals surface area contributed by atoms with Crippen molar-refractivity contribution in [2.24, 2.45) is 0 Å². The van der Waals surface area contributed by atoms with Gasteiger partial charge < -0.3 is 14.8 Å². The van der Waals surface area contributed by atoms with E-state index in [2.05, 4.69) is 5.32 Å². The lowest BCUT2D eigenvalue weighted by Gasteiger charge is -2.31. The van der Waals surface area contributed by atoms with E-state index in [0.717, 1.165) is 0 Å². The largest absolute Gasteiger partial charge is 0.482 e. The molecule has 3 atom stereocenters. The molecule has 21 heavy (non-hydrogen) atoms. The van der Waals surface area contributed by atoms with Crippen molar-refractivity contribution in [3.05, 3.63) is 24.3 Å². The highest BCUT2D eigenvalue weighted by Crippen LogP contribution is 2.33. The zero-order valence-corrected chi connectivity index (χ0v) is 12.4. The number of para-hydroxylation sites is 2. The lowest BCUT2D eigenvalue weighted by atomic mass is 10.1. The van der Waals surface area contributed by atoms with Crippen molar-refractivity contribution in [1.82, 2.24) is 5.32 Å². The molecule has 1 aromatic rings. The topological polar surface area (TPSA) is 81.7 Å². The molecule has 0 radical (unpaired) electrons. The normalized spacial score (nSPS) is 29.9. The lowest BCUT2D eigenvalue weighted by molar-refractivity contribution is -0.134. The maximum absolute atomic E-state index is 12.3. The van der Waals surface area contributed by atoms with Gasteiger partial charge >= 0.3 is 0 Å². The van der Waals surface area contributed by atoms with Gasteiger partial charge in [-0.2, -0.15) is 0 Å². The number of rotatable bonds is 2. The van der Waals surface area contributed by atoms with Gasteiger partial charge in [0.25, 0.3) is 5.91 Å². The van der Waals surface area contributed by atoms with Crippen LogP contribution in [0.5, 0.6) is 11.5 Å². The zero-order valence-electron chi connectivity index (χ0n) is 11.6. The Balaban J connectivity index is 1.68. The van der Waals surface area contributed by atoms with E-state index in [-0.39, 0.29) is 23.5 Å². The Morgan fingerprint density at radius 3 is 2.52 bits per heavy atom. The molecule has 0 aromatic heterocycles. The molecule has 0 spiro atoms. The number of sulfone groups is 1. The van der Waals surface area contributed by atoms with Crippen molar-refractivity contribution in [3.63, 3.8) is 0 Å². The first-order valence-corrected chi connectivity index (χ1v) is 8.70. The molecule has 1 aromatic carbocycles. The first-order valence-electron chi connectivity index (χ1n) is 6.88. The van der Waals surface area contributed by atoms with Gasteiger partial charge in [-0.3, -0.25) is 4.79 Å². The van der Waals surface area contributed by atoms with Crippen LogP contribution in [0.15, 0.2) is 24.3 Å². The van der Waals surface area contributed by atoms with Crippen LogP contribution in [0.1, 0.15) is 13.3 Å². The molecule has 7 heteroatoms. The summed E-state index contributed by atoms with van der Waals surface area (Å²) in [7, 11) is -3.02. The molecular formula is C14H17NO5S. The van der Waals surface area contributed by atoms with E-state index in [4.69, 9.17) is 9.47 Å². The van der Waals surface area contributed by atoms with E-state index in [0.29, 0.717) is 17.9 Å². The minimum absolute atomic E-state index is 0.00269. The number of hydrogen-bond donors (Lipinski definition) is 1. The summed E-state index contributed by atoms with van der Waals surface area (Å²) in [4.78, 5) is 12.3. The Labute approximate surface area is 123 Å². The molecule has 1 saturated heterocycles. The summed E-state index contributed by atoms with van der Waals surface area (Å²) >= 11 is 0. The Morgan fingerprint density at radius 2 is 1.90 bits per heavy atom. The number of carbonyl (C=O) groups is 1. The second-order valence-corrected chi connectivity index (χ2v) is 7.65. The van der Waals surface area contributed by atoms with Crippen molar-refractivity contribution in [1.29, 1.82) is 0 Å². The number of fused-ring (bicyclic) bond motifs is 1. The average molecular weight is 311 g/mol. The molecule has 0 bridgehead atoms. The van der Waals surface area contributed by atoms with Crippen LogP contribution >= 0.6 is 0 Å². The van der Waals surface area contributed by atoms with Crippen molar-refractivity contribution >= 4 is 15.7 Å². The lowest BCUT2D eigenvalue weighted by Crippen LogP contribution is -2.51. The zero-order chi connectivity index (χ0) is 15.0. The molecule has 6 nitrogen and oxygen atoms in total. The Bertz CT molecular complexity index is 657. The number of carbonyl (C=O) groups excluding carboxylic acids is 1. The van der Waals surface area contributed by atoms with Crippen LogP contribution in [-0.2, 0) is 14.6 Å². The molecule has 3 rings (SSSR count). The monoisotopic (exact) mass is 311 g/mol. The maximum atomic E-state index is 12.3. The van der Waals surface area contributed by atoms with E-state index in [1.54, 1.807) is 25.1 Å². The molecule has 2 heterocycles. The van der Waals surface area contributed by atoms with Gasteiger partial charge in [-0.1, -0.05) is 12.1 Å². The second kappa shape index (κ2) is 5.22. The summed E-state index contributed by atoms with van der Waals surface area (Å²) in [5.74, 6) is 0.918. The first kappa shape index (κ1) is 14.2. The van der Waals surface area contributed by atoms with Crippen LogP contribution in [0.4, 0.5) is 0 Å². The minimum Gasteiger partial charge on any atom is -0.482 e. The molecule has 1 N–H and O–H groups in total. The van der Waals surface area contributed by atoms with Gasteiger partial charge in [0, 0.05) is 6.04 Å². The molecule has 2 aliphatic rings. The number of nitrogens with one attached hydrogen (secondary N) is 1. The summed E-state index contributed by atoms with van der Waals surface area (Å²) in [6.07, 6.45) is -0.756. The van der Waals surface area contributed by atoms with Crippen LogP contribution < -0.4 is 14.8 Å². The predicted octanol–water partition coefficient (Wildman–Crippen LogP) is 0.518. The number of hydrogen-bond acceptors (Lipinski definition) is 5. The number of ether oxygens (including phenoxy) is 2.